The van der Waals surface area contributed by atoms with Gasteiger partial charge in [0.2, 0.25) is 0 Å². The van der Waals surface area contributed by atoms with Crippen LogP contribution in [0.1, 0.15) is 41.4 Å². The second-order valence-electron chi connectivity index (χ2n) is 6.43. The van der Waals surface area contributed by atoms with E-state index in [-0.39, 0.29) is 11.9 Å². The fourth-order valence-electron chi connectivity index (χ4n) is 3.47. The topological polar surface area (TPSA) is 98.9 Å². The number of fused-ring (bicyclic) bond motifs is 1. The van der Waals surface area contributed by atoms with Crippen LogP contribution < -0.4 is 11.1 Å². The van der Waals surface area contributed by atoms with Crippen molar-refractivity contribution in [3.05, 3.63) is 74.6 Å². The third kappa shape index (κ3) is 2.92. The number of likely N-dealkylation sites (tertiary alicyclic amines) is 1. The number of rotatable bonds is 2. The van der Waals surface area contributed by atoms with Gasteiger partial charge in [0.05, 0.1) is 22.8 Å². The molecule has 1 aliphatic rings. The van der Waals surface area contributed by atoms with E-state index in [0.29, 0.717) is 23.1 Å². The minimum absolute atomic E-state index is 0.0530. The van der Waals surface area contributed by atoms with Crippen molar-refractivity contribution in [2.24, 2.45) is 0 Å². The van der Waals surface area contributed by atoms with Gasteiger partial charge in [0.15, 0.2) is 0 Å². The Balaban J connectivity index is 1.71. The molecular weight excluding hydrogens is 332 g/mol. The molecule has 1 unspecified atom stereocenters. The number of piperidine rings is 1. The molecule has 1 aliphatic heterocycles. The van der Waals surface area contributed by atoms with Crippen LogP contribution in [0, 0.1) is 0 Å². The zero-order valence-electron chi connectivity index (χ0n) is 14.1. The molecule has 0 radical (unpaired) electrons. The Morgan fingerprint density at radius 2 is 1.85 bits per heavy atom. The van der Waals surface area contributed by atoms with Gasteiger partial charge in [-0.3, -0.25) is 19.4 Å². The van der Waals surface area contributed by atoms with Gasteiger partial charge < -0.3 is 14.9 Å². The molecular formula is C19H18N4O3. The highest BCUT2D eigenvalue weighted by Crippen LogP contribution is 2.31. The minimum atomic E-state index is -0.730. The first-order valence-electron chi connectivity index (χ1n) is 8.62. The molecule has 0 aliphatic carbocycles. The van der Waals surface area contributed by atoms with Crippen LogP contribution in [-0.4, -0.2) is 32.3 Å². The predicted molar refractivity (Wildman–Crippen MR) is 97.1 cm³/mol. The van der Waals surface area contributed by atoms with Crippen LogP contribution in [0.4, 0.5) is 0 Å². The van der Waals surface area contributed by atoms with Crippen LogP contribution in [0.25, 0.3) is 11.0 Å². The number of aromatic amines is 2. The molecule has 1 atom stereocenters. The standard InChI is InChI=1S/C19H18N4O3/c24-17-18(25)22-15-11-12(7-8-13(15)21-17)19(26)23-10-4-2-6-16(23)14-5-1-3-9-20-14/h1,3,5,7-9,11,16H,2,4,6,10H2,(H,21,24)(H,22,25). The Hall–Kier alpha value is -3.22. The van der Waals surface area contributed by atoms with Gasteiger partial charge in [0.1, 0.15) is 0 Å². The van der Waals surface area contributed by atoms with Crippen LogP contribution in [0.5, 0.6) is 0 Å². The third-order valence-electron chi connectivity index (χ3n) is 4.76. The van der Waals surface area contributed by atoms with E-state index in [1.165, 1.54) is 0 Å². The maximum absolute atomic E-state index is 13.1. The second-order valence-corrected chi connectivity index (χ2v) is 6.43. The van der Waals surface area contributed by atoms with E-state index in [4.69, 9.17) is 0 Å². The lowest BCUT2D eigenvalue weighted by Crippen LogP contribution is -2.39. The summed E-state index contributed by atoms with van der Waals surface area (Å²) in [7, 11) is 0. The van der Waals surface area contributed by atoms with Crippen LogP contribution in [-0.2, 0) is 0 Å². The molecule has 26 heavy (non-hydrogen) atoms. The van der Waals surface area contributed by atoms with Gasteiger partial charge in [-0.2, -0.15) is 0 Å². The van der Waals surface area contributed by atoms with Crippen LogP contribution in [0.3, 0.4) is 0 Å². The molecule has 0 saturated carbocycles. The summed E-state index contributed by atoms with van der Waals surface area (Å²) in [6.45, 7) is 0.667. The van der Waals surface area contributed by atoms with Crippen LogP contribution >= 0.6 is 0 Å². The molecule has 7 heteroatoms. The zero-order valence-corrected chi connectivity index (χ0v) is 14.1. The Kier molecular flexibility index (Phi) is 4.12. The van der Waals surface area contributed by atoms with E-state index in [9.17, 15) is 14.4 Å². The number of H-pyrrole nitrogens is 2. The van der Waals surface area contributed by atoms with Crippen molar-refractivity contribution >= 4 is 16.9 Å². The molecule has 7 nitrogen and oxygen atoms in total. The van der Waals surface area contributed by atoms with Crippen molar-refractivity contribution in [2.75, 3.05) is 6.54 Å². The van der Waals surface area contributed by atoms with Crippen molar-refractivity contribution in [1.29, 1.82) is 0 Å². The normalized spacial score (nSPS) is 17.4. The molecule has 3 aromatic rings. The summed E-state index contributed by atoms with van der Waals surface area (Å²) >= 11 is 0. The maximum Gasteiger partial charge on any atom is 0.314 e. The van der Waals surface area contributed by atoms with E-state index >= 15 is 0 Å². The lowest BCUT2D eigenvalue weighted by atomic mass is 9.97. The fraction of sp³-hybridized carbons (Fsp3) is 0.263. The number of nitrogens with zero attached hydrogens (tertiary/aromatic N) is 2. The van der Waals surface area contributed by atoms with E-state index in [0.717, 1.165) is 25.0 Å². The summed E-state index contributed by atoms with van der Waals surface area (Å²) in [6, 6.07) is 10.6. The van der Waals surface area contributed by atoms with E-state index in [1.807, 2.05) is 23.1 Å². The van der Waals surface area contributed by atoms with E-state index < -0.39 is 11.1 Å². The first-order chi connectivity index (χ1) is 12.6. The van der Waals surface area contributed by atoms with Crippen molar-refractivity contribution < 1.29 is 4.79 Å². The van der Waals surface area contributed by atoms with Crippen molar-refractivity contribution in [3.8, 4) is 0 Å². The molecule has 1 amide bonds. The smallest absolute Gasteiger partial charge is 0.314 e. The Bertz CT molecular complexity index is 1070. The average Bonchev–Trinajstić information content (AvgIpc) is 2.69. The summed E-state index contributed by atoms with van der Waals surface area (Å²) in [5, 5.41) is 0. The Morgan fingerprint density at radius 1 is 1.04 bits per heavy atom. The molecule has 4 rings (SSSR count). The van der Waals surface area contributed by atoms with Crippen molar-refractivity contribution in [3.63, 3.8) is 0 Å². The summed E-state index contributed by atoms with van der Waals surface area (Å²) in [6.07, 6.45) is 4.62. The van der Waals surface area contributed by atoms with Gasteiger partial charge >= 0.3 is 11.1 Å². The zero-order chi connectivity index (χ0) is 18.1. The lowest BCUT2D eigenvalue weighted by Gasteiger charge is -2.35. The molecule has 1 fully saturated rings. The highest BCUT2D eigenvalue weighted by Gasteiger charge is 2.29. The largest absolute Gasteiger partial charge is 0.330 e. The molecule has 0 spiro atoms. The molecule has 1 aromatic carbocycles. The monoisotopic (exact) mass is 350 g/mol. The SMILES string of the molecule is O=C(c1ccc2[nH]c(=O)c(=O)[nH]c2c1)N1CCCCC1c1ccccn1. The summed E-state index contributed by atoms with van der Waals surface area (Å²) in [4.78, 5) is 47.4. The van der Waals surface area contributed by atoms with Gasteiger partial charge in [-0.05, 0) is 49.6 Å². The number of amides is 1. The maximum atomic E-state index is 13.1. The number of hydrogen-bond donors (Lipinski definition) is 2. The summed E-state index contributed by atoms with van der Waals surface area (Å²) in [5.41, 5.74) is 0.856. The quantitative estimate of drug-likeness (QED) is 0.690. The molecule has 3 heterocycles. The summed E-state index contributed by atoms with van der Waals surface area (Å²) in [5.74, 6) is -0.102. The predicted octanol–water partition coefficient (Wildman–Crippen LogP) is 1.98. The van der Waals surface area contributed by atoms with E-state index in [2.05, 4.69) is 15.0 Å². The van der Waals surface area contributed by atoms with E-state index in [1.54, 1.807) is 24.4 Å². The van der Waals surface area contributed by atoms with Gasteiger partial charge in [0, 0.05) is 18.3 Å². The average molecular weight is 350 g/mol. The first kappa shape index (κ1) is 16.3. The highest BCUT2D eigenvalue weighted by atomic mass is 16.2. The number of nitrogens with one attached hydrogen (secondary N) is 2. The third-order valence-corrected chi connectivity index (χ3v) is 4.76. The van der Waals surface area contributed by atoms with Crippen molar-refractivity contribution in [2.45, 2.75) is 25.3 Å². The van der Waals surface area contributed by atoms with Crippen molar-refractivity contribution in [1.82, 2.24) is 19.9 Å². The molecule has 2 aromatic heterocycles. The highest BCUT2D eigenvalue weighted by molar-refractivity contribution is 5.97. The minimum Gasteiger partial charge on any atom is -0.330 e. The molecule has 1 saturated heterocycles. The lowest BCUT2D eigenvalue weighted by molar-refractivity contribution is 0.0606. The molecule has 2 N–H and O–H groups in total. The number of hydrogen-bond acceptors (Lipinski definition) is 4. The van der Waals surface area contributed by atoms with Gasteiger partial charge in [-0.15, -0.1) is 0 Å². The van der Waals surface area contributed by atoms with Gasteiger partial charge in [0.25, 0.3) is 5.91 Å². The fourth-order valence-corrected chi connectivity index (χ4v) is 3.47. The number of pyridine rings is 1. The molecule has 132 valence electrons. The first-order valence-corrected chi connectivity index (χ1v) is 8.62. The molecule has 0 bridgehead atoms. The van der Waals surface area contributed by atoms with Crippen LogP contribution in [0.2, 0.25) is 0 Å². The Labute approximate surface area is 148 Å². The summed E-state index contributed by atoms with van der Waals surface area (Å²) < 4.78 is 0. The van der Waals surface area contributed by atoms with Crippen LogP contribution in [0.15, 0.2) is 52.2 Å². The number of benzene rings is 1. The second kappa shape index (κ2) is 6.59. The van der Waals surface area contributed by atoms with Gasteiger partial charge in [-0.25, -0.2) is 0 Å². The number of aromatic nitrogens is 3. The number of carbonyl (C=O) groups excluding carboxylic acids is 1. The Morgan fingerprint density at radius 3 is 2.62 bits per heavy atom. The van der Waals surface area contributed by atoms with Gasteiger partial charge in [-0.1, -0.05) is 6.07 Å². The number of carbonyl (C=O) groups is 1.